The fraction of sp³-hybridized carbons (Fsp3) is 1.00. The molecule has 3 heteroatoms. The van der Waals surface area contributed by atoms with Crippen LogP contribution in [-0.4, -0.2) is 42.3 Å². The van der Waals surface area contributed by atoms with Gasteiger partial charge < -0.3 is 10.5 Å². The highest BCUT2D eigenvalue weighted by Gasteiger charge is 2.34. The van der Waals surface area contributed by atoms with Crippen LogP contribution in [0.3, 0.4) is 0 Å². The van der Waals surface area contributed by atoms with E-state index in [1.165, 1.54) is 6.42 Å². The van der Waals surface area contributed by atoms with Crippen molar-refractivity contribution < 1.29 is 4.74 Å². The van der Waals surface area contributed by atoms with Crippen LogP contribution in [0.25, 0.3) is 0 Å². The van der Waals surface area contributed by atoms with Gasteiger partial charge in [-0.05, 0) is 27.2 Å². The van der Waals surface area contributed by atoms with E-state index in [1.54, 1.807) is 0 Å². The van der Waals surface area contributed by atoms with Crippen LogP contribution in [0, 0.1) is 0 Å². The van der Waals surface area contributed by atoms with E-state index in [9.17, 15) is 0 Å². The molecule has 1 rings (SSSR count). The summed E-state index contributed by atoms with van der Waals surface area (Å²) in [5.74, 6) is 0. The number of ether oxygens (including phenoxy) is 1. The fourth-order valence-electron chi connectivity index (χ4n) is 2.06. The van der Waals surface area contributed by atoms with Gasteiger partial charge >= 0.3 is 0 Å². The summed E-state index contributed by atoms with van der Waals surface area (Å²) in [6.07, 6.45) is 1.39. The van der Waals surface area contributed by atoms with Crippen molar-refractivity contribution >= 4 is 0 Å². The number of hydrogen-bond donors (Lipinski definition) is 1. The molecular formula is C11H24N2O. The van der Waals surface area contributed by atoms with E-state index in [0.717, 1.165) is 13.1 Å². The van der Waals surface area contributed by atoms with E-state index in [-0.39, 0.29) is 11.7 Å². The van der Waals surface area contributed by atoms with Crippen molar-refractivity contribution in [3.63, 3.8) is 0 Å². The van der Waals surface area contributed by atoms with E-state index in [1.807, 2.05) is 0 Å². The second-order valence-electron chi connectivity index (χ2n) is 4.92. The Morgan fingerprint density at radius 3 is 2.71 bits per heavy atom. The molecule has 0 aliphatic carbocycles. The van der Waals surface area contributed by atoms with Crippen LogP contribution in [0.2, 0.25) is 0 Å². The highest BCUT2D eigenvalue weighted by molar-refractivity contribution is 4.86. The Morgan fingerprint density at radius 2 is 2.21 bits per heavy atom. The maximum Gasteiger partial charge on any atom is 0.0831 e. The van der Waals surface area contributed by atoms with E-state index in [0.29, 0.717) is 12.6 Å². The minimum atomic E-state index is -0.0499. The molecule has 0 aromatic carbocycles. The van der Waals surface area contributed by atoms with Crippen LogP contribution in [-0.2, 0) is 4.74 Å². The van der Waals surface area contributed by atoms with Crippen LogP contribution in [0.1, 0.15) is 34.1 Å². The second-order valence-corrected chi connectivity index (χ2v) is 4.92. The largest absolute Gasteiger partial charge is 0.368 e. The van der Waals surface area contributed by atoms with E-state index < -0.39 is 0 Å². The molecule has 14 heavy (non-hydrogen) atoms. The number of rotatable bonds is 3. The Kier molecular flexibility index (Phi) is 3.93. The Labute approximate surface area is 87.6 Å². The maximum atomic E-state index is 5.88. The van der Waals surface area contributed by atoms with Gasteiger partial charge in [0, 0.05) is 25.7 Å². The standard InChI is InChI=1S/C11H24N2O/c1-5-9(2)13-7-10(6-12)14-11(3,4)8-13/h9-10H,5-8,12H2,1-4H3. The summed E-state index contributed by atoms with van der Waals surface area (Å²) in [5, 5.41) is 0. The lowest BCUT2D eigenvalue weighted by Crippen LogP contribution is -2.56. The molecule has 0 bridgehead atoms. The molecule has 0 spiro atoms. The van der Waals surface area contributed by atoms with Gasteiger partial charge in [-0.15, -0.1) is 0 Å². The summed E-state index contributed by atoms with van der Waals surface area (Å²) in [7, 11) is 0. The van der Waals surface area contributed by atoms with Crippen molar-refractivity contribution in [2.45, 2.75) is 51.9 Å². The van der Waals surface area contributed by atoms with Gasteiger partial charge in [0.1, 0.15) is 0 Å². The van der Waals surface area contributed by atoms with Gasteiger partial charge in [-0.2, -0.15) is 0 Å². The molecule has 2 atom stereocenters. The molecule has 0 amide bonds. The SMILES string of the molecule is CCC(C)N1CC(CN)OC(C)(C)C1. The van der Waals surface area contributed by atoms with Crippen LogP contribution >= 0.6 is 0 Å². The van der Waals surface area contributed by atoms with Crippen molar-refractivity contribution in [3.05, 3.63) is 0 Å². The van der Waals surface area contributed by atoms with Gasteiger partial charge in [0.15, 0.2) is 0 Å². The molecule has 2 unspecified atom stereocenters. The molecule has 84 valence electrons. The molecule has 1 aliphatic rings. The van der Waals surface area contributed by atoms with Crippen molar-refractivity contribution in [3.8, 4) is 0 Å². The second kappa shape index (κ2) is 4.60. The van der Waals surface area contributed by atoms with Gasteiger partial charge in [0.25, 0.3) is 0 Å². The first kappa shape index (κ1) is 12.0. The lowest BCUT2D eigenvalue weighted by atomic mass is 10.0. The normalized spacial score (nSPS) is 30.2. The molecule has 1 fully saturated rings. The summed E-state index contributed by atoms with van der Waals surface area (Å²) in [6, 6.07) is 0.632. The minimum Gasteiger partial charge on any atom is -0.368 e. The third kappa shape index (κ3) is 2.94. The third-order valence-electron chi connectivity index (χ3n) is 2.98. The predicted octanol–water partition coefficient (Wildman–Crippen LogP) is 1.22. The predicted molar refractivity (Wildman–Crippen MR) is 59.3 cm³/mol. The summed E-state index contributed by atoms with van der Waals surface area (Å²) < 4.78 is 5.88. The zero-order chi connectivity index (χ0) is 10.8. The lowest BCUT2D eigenvalue weighted by molar-refractivity contribution is -0.139. The van der Waals surface area contributed by atoms with Crippen molar-refractivity contribution in [1.29, 1.82) is 0 Å². The van der Waals surface area contributed by atoms with Gasteiger partial charge in [0.2, 0.25) is 0 Å². The summed E-state index contributed by atoms with van der Waals surface area (Å²) in [5.41, 5.74) is 5.63. The van der Waals surface area contributed by atoms with Crippen LogP contribution < -0.4 is 5.73 Å². The Bertz CT molecular complexity index is 182. The quantitative estimate of drug-likeness (QED) is 0.744. The van der Waals surface area contributed by atoms with E-state index in [4.69, 9.17) is 10.5 Å². The van der Waals surface area contributed by atoms with E-state index >= 15 is 0 Å². The average Bonchev–Trinajstić information content (AvgIpc) is 2.14. The first-order valence-electron chi connectivity index (χ1n) is 5.60. The average molecular weight is 200 g/mol. The zero-order valence-electron chi connectivity index (χ0n) is 9.92. The highest BCUT2D eigenvalue weighted by Crippen LogP contribution is 2.22. The smallest absolute Gasteiger partial charge is 0.0831 e. The van der Waals surface area contributed by atoms with Gasteiger partial charge in [-0.1, -0.05) is 6.92 Å². The maximum absolute atomic E-state index is 5.88. The molecule has 0 aromatic heterocycles. The Balaban J connectivity index is 2.60. The molecule has 0 saturated carbocycles. The monoisotopic (exact) mass is 200 g/mol. The number of hydrogen-bond acceptors (Lipinski definition) is 3. The highest BCUT2D eigenvalue weighted by atomic mass is 16.5. The topological polar surface area (TPSA) is 38.5 Å². The van der Waals surface area contributed by atoms with Crippen molar-refractivity contribution in [2.24, 2.45) is 5.73 Å². The van der Waals surface area contributed by atoms with Crippen molar-refractivity contribution in [2.75, 3.05) is 19.6 Å². The number of nitrogens with two attached hydrogens (primary N) is 1. The molecule has 3 nitrogen and oxygen atoms in total. The third-order valence-corrected chi connectivity index (χ3v) is 2.98. The molecule has 0 aromatic rings. The molecule has 1 heterocycles. The molecule has 1 saturated heterocycles. The zero-order valence-corrected chi connectivity index (χ0v) is 9.92. The number of morpholine rings is 1. The molecule has 0 radical (unpaired) electrons. The first-order valence-corrected chi connectivity index (χ1v) is 5.60. The lowest BCUT2D eigenvalue weighted by Gasteiger charge is -2.44. The Hall–Kier alpha value is -0.120. The fourth-order valence-corrected chi connectivity index (χ4v) is 2.06. The first-order chi connectivity index (χ1) is 6.48. The van der Waals surface area contributed by atoms with Gasteiger partial charge in [0.05, 0.1) is 11.7 Å². The summed E-state index contributed by atoms with van der Waals surface area (Å²) >= 11 is 0. The molecule has 1 aliphatic heterocycles. The van der Waals surface area contributed by atoms with Crippen LogP contribution in [0.5, 0.6) is 0 Å². The van der Waals surface area contributed by atoms with Crippen molar-refractivity contribution in [1.82, 2.24) is 4.90 Å². The minimum absolute atomic E-state index is 0.0499. The van der Waals surface area contributed by atoms with Crippen LogP contribution in [0.4, 0.5) is 0 Å². The van der Waals surface area contributed by atoms with E-state index in [2.05, 4.69) is 32.6 Å². The molecule has 2 N–H and O–H groups in total. The van der Waals surface area contributed by atoms with Gasteiger partial charge in [-0.3, -0.25) is 4.90 Å². The number of nitrogens with zero attached hydrogens (tertiary/aromatic N) is 1. The summed E-state index contributed by atoms with van der Waals surface area (Å²) in [4.78, 5) is 2.49. The van der Waals surface area contributed by atoms with Gasteiger partial charge in [-0.25, -0.2) is 0 Å². The summed E-state index contributed by atoms with van der Waals surface area (Å²) in [6.45, 7) is 11.4. The Morgan fingerprint density at radius 1 is 1.57 bits per heavy atom. The van der Waals surface area contributed by atoms with Crippen LogP contribution in [0.15, 0.2) is 0 Å². The molecular weight excluding hydrogens is 176 g/mol.